The van der Waals surface area contributed by atoms with Crippen molar-refractivity contribution in [2.24, 2.45) is 0 Å². The summed E-state index contributed by atoms with van der Waals surface area (Å²) >= 11 is 10.6. The third-order valence-corrected chi connectivity index (χ3v) is 2.94. The van der Waals surface area contributed by atoms with Gasteiger partial charge in [-0.25, -0.2) is 4.57 Å². The average molecular weight is 245 g/mol. The van der Waals surface area contributed by atoms with Gasteiger partial charge in [0.05, 0.1) is 12.8 Å². The molecule has 0 rings (SSSR count). The molecule has 1 atom stereocenters. The third-order valence-electron chi connectivity index (χ3n) is 0.981. The van der Waals surface area contributed by atoms with E-state index in [4.69, 9.17) is 32.2 Å². The summed E-state index contributed by atoms with van der Waals surface area (Å²) in [5.41, 5.74) is 0. The van der Waals surface area contributed by atoms with Crippen molar-refractivity contribution in [1.82, 2.24) is 0 Å². The van der Waals surface area contributed by atoms with Crippen LogP contribution in [0.1, 0.15) is 6.92 Å². The van der Waals surface area contributed by atoms with Crippen molar-refractivity contribution in [3.8, 4) is 0 Å². The van der Waals surface area contributed by atoms with Crippen molar-refractivity contribution in [2.75, 3.05) is 12.8 Å². The first kappa shape index (κ1) is 13.1. The zero-order valence-electron chi connectivity index (χ0n) is 7.20. The second kappa shape index (κ2) is 6.50. The highest BCUT2D eigenvalue weighted by Crippen LogP contribution is 2.48. The number of allylic oxidation sites excluding steroid dienone is 1. The Bertz CT molecular complexity index is 236. The Hall–Kier alpha value is 0.0500. The molecule has 0 aromatic carbocycles. The fourth-order valence-corrected chi connectivity index (χ4v) is 2.04. The Balaban J connectivity index is 4.32. The van der Waals surface area contributed by atoms with Crippen LogP contribution < -0.4 is 0 Å². The zero-order chi connectivity index (χ0) is 10.3. The van der Waals surface area contributed by atoms with E-state index in [0.29, 0.717) is 6.61 Å². The molecule has 0 spiro atoms. The van der Waals surface area contributed by atoms with Crippen LogP contribution in [0, 0.1) is 0 Å². The van der Waals surface area contributed by atoms with Gasteiger partial charge < -0.3 is 4.52 Å². The van der Waals surface area contributed by atoms with E-state index in [1.165, 1.54) is 6.08 Å². The first-order valence-electron chi connectivity index (χ1n) is 3.58. The summed E-state index contributed by atoms with van der Waals surface area (Å²) in [7, 11) is -3.14. The van der Waals surface area contributed by atoms with E-state index in [9.17, 15) is 4.57 Å². The summed E-state index contributed by atoms with van der Waals surface area (Å²) in [5, 5.41) is 0. The van der Waals surface area contributed by atoms with Gasteiger partial charge in [-0.2, -0.15) is 0 Å². The summed E-state index contributed by atoms with van der Waals surface area (Å²) in [6.07, 6.45) is 2.56. The molecule has 0 aromatic rings. The van der Waals surface area contributed by atoms with Crippen LogP contribution in [0.3, 0.4) is 0 Å². The molecule has 0 N–H and O–H groups in total. The van der Waals surface area contributed by atoms with Gasteiger partial charge in [-0.1, -0.05) is 29.3 Å². The molecular weight excluding hydrogens is 234 g/mol. The van der Waals surface area contributed by atoms with E-state index in [-0.39, 0.29) is 10.7 Å². The summed E-state index contributed by atoms with van der Waals surface area (Å²) in [5.74, 6) is 0. The number of rotatable bonds is 6. The monoisotopic (exact) mass is 244 g/mol. The van der Waals surface area contributed by atoms with Crippen LogP contribution >= 0.6 is 30.8 Å². The lowest BCUT2D eigenvalue weighted by atomic mass is 10.8. The van der Waals surface area contributed by atoms with E-state index in [1.54, 1.807) is 6.92 Å². The molecule has 13 heavy (non-hydrogen) atoms. The van der Waals surface area contributed by atoms with Gasteiger partial charge in [-0.05, 0) is 6.92 Å². The summed E-state index contributed by atoms with van der Waals surface area (Å²) in [6.45, 7) is 5.44. The van der Waals surface area contributed by atoms with Gasteiger partial charge in [0.1, 0.15) is 10.8 Å². The highest BCUT2D eigenvalue weighted by atomic mass is 35.5. The maximum atomic E-state index is 11.6. The smallest absolute Gasteiger partial charge is 0.382 e. The molecule has 0 aliphatic carbocycles. The van der Waals surface area contributed by atoms with Crippen molar-refractivity contribution in [1.29, 1.82) is 0 Å². The highest BCUT2D eigenvalue weighted by molar-refractivity contribution is 7.54. The third kappa shape index (κ3) is 6.17. The predicted octanol–water partition coefficient (Wildman–Crippen LogP) is 3.70. The average Bonchev–Trinajstić information content (AvgIpc) is 2.02. The number of halogens is 2. The molecule has 0 aliphatic heterocycles. The normalized spacial score (nSPS) is 14.4. The fraction of sp³-hybridized carbons (Fsp3) is 0.429. The summed E-state index contributed by atoms with van der Waals surface area (Å²) in [4.78, 5) is 0. The molecular formula is C7H11Cl2O3P. The van der Waals surface area contributed by atoms with Crippen molar-refractivity contribution >= 4 is 30.8 Å². The van der Waals surface area contributed by atoms with Gasteiger partial charge in [0.15, 0.2) is 0 Å². The van der Waals surface area contributed by atoms with Gasteiger partial charge in [-0.3, -0.25) is 4.52 Å². The van der Waals surface area contributed by atoms with E-state index in [0.717, 1.165) is 6.26 Å². The van der Waals surface area contributed by atoms with Crippen LogP contribution in [0.4, 0.5) is 0 Å². The van der Waals surface area contributed by atoms with Crippen LogP contribution in [0.25, 0.3) is 0 Å². The minimum absolute atomic E-state index is 0.107. The Kier molecular flexibility index (Phi) is 6.52. The maximum Gasteiger partial charge on any atom is 0.382 e. The standard InChI is InChI=1S/C7H11Cl2O3P/c1-3-5-13(10,11-4-2)12-6-7(8)9/h3,6H,1,4-5H2,2H3. The van der Waals surface area contributed by atoms with E-state index in [2.05, 4.69) is 6.58 Å². The van der Waals surface area contributed by atoms with Gasteiger partial charge >= 0.3 is 7.60 Å². The molecule has 0 bridgehead atoms. The molecule has 0 aromatic heterocycles. The minimum atomic E-state index is -3.14. The number of hydrogen-bond acceptors (Lipinski definition) is 3. The molecule has 76 valence electrons. The van der Waals surface area contributed by atoms with E-state index >= 15 is 0 Å². The minimum Gasteiger partial charge on any atom is -0.430 e. The molecule has 0 saturated carbocycles. The molecule has 6 heteroatoms. The molecule has 0 radical (unpaired) electrons. The molecule has 0 fully saturated rings. The fourth-order valence-electron chi connectivity index (χ4n) is 0.601. The van der Waals surface area contributed by atoms with Crippen LogP contribution in [-0.2, 0) is 13.6 Å². The zero-order valence-corrected chi connectivity index (χ0v) is 9.61. The molecule has 0 saturated heterocycles. The quantitative estimate of drug-likeness (QED) is 0.406. The van der Waals surface area contributed by atoms with Crippen molar-refractivity contribution in [2.45, 2.75) is 6.92 Å². The van der Waals surface area contributed by atoms with Crippen molar-refractivity contribution < 1.29 is 13.6 Å². The largest absolute Gasteiger partial charge is 0.430 e. The Labute approximate surface area is 87.8 Å². The van der Waals surface area contributed by atoms with Crippen LogP contribution in [0.15, 0.2) is 23.4 Å². The second-order valence-corrected chi connectivity index (χ2v) is 5.08. The van der Waals surface area contributed by atoms with Gasteiger partial charge in [0, 0.05) is 0 Å². The Morgan fingerprint density at radius 3 is 2.62 bits per heavy atom. The molecule has 0 heterocycles. The maximum absolute atomic E-state index is 11.6. The van der Waals surface area contributed by atoms with Gasteiger partial charge in [-0.15, -0.1) is 6.58 Å². The van der Waals surface area contributed by atoms with Crippen LogP contribution in [0.5, 0.6) is 0 Å². The first-order valence-corrected chi connectivity index (χ1v) is 6.06. The first-order chi connectivity index (χ1) is 6.04. The second-order valence-electron chi connectivity index (χ2n) is 2.01. The molecule has 0 amide bonds. The van der Waals surface area contributed by atoms with Crippen molar-refractivity contribution in [3.05, 3.63) is 23.4 Å². The topological polar surface area (TPSA) is 35.5 Å². The molecule has 3 nitrogen and oxygen atoms in total. The van der Waals surface area contributed by atoms with E-state index < -0.39 is 7.60 Å². The summed E-state index contributed by atoms with van der Waals surface area (Å²) < 4.78 is 21.3. The lowest BCUT2D eigenvalue weighted by Gasteiger charge is -2.13. The highest BCUT2D eigenvalue weighted by Gasteiger charge is 2.21. The van der Waals surface area contributed by atoms with Gasteiger partial charge in [0.25, 0.3) is 0 Å². The Morgan fingerprint density at radius 1 is 1.62 bits per heavy atom. The van der Waals surface area contributed by atoms with Crippen molar-refractivity contribution in [3.63, 3.8) is 0 Å². The Morgan fingerprint density at radius 2 is 2.23 bits per heavy atom. The summed E-state index contributed by atoms with van der Waals surface area (Å²) in [6, 6.07) is 0. The molecule has 1 unspecified atom stereocenters. The van der Waals surface area contributed by atoms with Crippen LogP contribution in [0.2, 0.25) is 0 Å². The lowest BCUT2D eigenvalue weighted by Crippen LogP contribution is -1.94. The van der Waals surface area contributed by atoms with Gasteiger partial charge in [0.2, 0.25) is 0 Å². The number of hydrogen-bond donors (Lipinski definition) is 0. The van der Waals surface area contributed by atoms with Crippen LogP contribution in [-0.4, -0.2) is 12.8 Å². The predicted molar refractivity (Wildman–Crippen MR) is 55.2 cm³/mol. The lowest BCUT2D eigenvalue weighted by molar-refractivity contribution is 0.264. The SMILES string of the molecule is C=CCP(=O)(OC=C(Cl)Cl)OCC. The van der Waals surface area contributed by atoms with E-state index in [1.807, 2.05) is 0 Å². The molecule has 0 aliphatic rings.